The Morgan fingerprint density at radius 2 is 1.79 bits per heavy atom. The van der Waals surface area contributed by atoms with Crippen LogP contribution in [0.4, 0.5) is 0 Å². The van der Waals surface area contributed by atoms with Crippen molar-refractivity contribution < 1.29 is 0 Å². The van der Waals surface area contributed by atoms with Gasteiger partial charge in [-0.15, -0.1) is 0 Å². The second kappa shape index (κ2) is 6.58. The Morgan fingerprint density at radius 3 is 2.37 bits per heavy atom. The van der Waals surface area contributed by atoms with Gasteiger partial charge in [-0.05, 0) is 44.1 Å². The summed E-state index contributed by atoms with van der Waals surface area (Å²) in [7, 11) is 0. The Hall–Kier alpha value is -0.0800. The number of rotatable bonds is 5. The Labute approximate surface area is 120 Å². The molecule has 2 fully saturated rings. The molecule has 0 aromatic rings. The zero-order valence-electron chi connectivity index (χ0n) is 13.5. The standard InChI is InChI=1S/C17H34N2/c1-14(2)7-10-19-12-16(11-15(3)4)18-13-17(19)8-5-6-9-17/h14-16,18H,5-13H2,1-4H3. The van der Waals surface area contributed by atoms with E-state index >= 15 is 0 Å². The molecule has 112 valence electrons. The lowest BCUT2D eigenvalue weighted by atomic mass is 9.88. The number of piperazine rings is 1. The van der Waals surface area contributed by atoms with Crippen LogP contribution in [-0.2, 0) is 0 Å². The maximum atomic E-state index is 3.86. The first-order valence-corrected chi connectivity index (χ1v) is 8.50. The number of nitrogens with zero attached hydrogens (tertiary/aromatic N) is 1. The molecule has 1 heterocycles. The monoisotopic (exact) mass is 266 g/mol. The maximum Gasteiger partial charge on any atom is 0.0334 e. The van der Waals surface area contributed by atoms with Gasteiger partial charge in [-0.2, -0.15) is 0 Å². The van der Waals surface area contributed by atoms with Crippen molar-refractivity contribution in [3.8, 4) is 0 Å². The highest BCUT2D eigenvalue weighted by Crippen LogP contribution is 2.37. The average molecular weight is 266 g/mol. The van der Waals surface area contributed by atoms with Crippen LogP contribution in [0.2, 0.25) is 0 Å². The Kier molecular flexibility index (Phi) is 5.30. The second-order valence-electron chi connectivity index (χ2n) is 7.77. The van der Waals surface area contributed by atoms with E-state index in [2.05, 4.69) is 37.9 Å². The number of hydrogen-bond donors (Lipinski definition) is 1. The molecule has 0 aromatic carbocycles. The Bertz CT molecular complexity index is 266. The van der Waals surface area contributed by atoms with Crippen molar-refractivity contribution in [2.45, 2.75) is 77.8 Å². The minimum absolute atomic E-state index is 0.516. The smallest absolute Gasteiger partial charge is 0.0334 e. The molecular weight excluding hydrogens is 232 g/mol. The molecule has 0 radical (unpaired) electrons. The van der Waals surface area contributed by atoms with Gasteiger partial charge in [0.25, 0.3) is 0 Å². The third-order valence-electron chi connectivity index (χ3n) is 5.10. The van der Waals surface area contributed by atoms with E-state index in [9.17, 15) is 0 Å². The van der Waals surface area contributed by atoms with Crippen LogP contribution in [0.3, 0.4) is 0 Å². The third-order valence-corrected chi connectivity index (χ3v) is 5.10. The zero-order valence-corrected chi connectivity index (χ0v) is 13.5. The van der Waals surface area contributed by atoms with Crippen LogP contribution in [0, 0.1) is 11.8 Å². The molecule has 19 heavy (non-hydrogen) atoms. The summed E-state index contributed by atoms with van der Waals surface area (Å²) < 4.78 is 0. The van der Waals surface area contributed by atoms with E-state index < -0.39 is 0 Å². The summed E-state index contributed by atoms with van der Waals surface area (Å²) in [5, 5.41) is 3.86. The van der Waals surface area contributed by atoms with E-state index in [4.69, 9.17) is 0 Å². The van der Waals surface area contributed by atoms with Gasteiger partial charge in [0.05, 0.1) is 0 Å². The molecule has 2 nitrogen and oxygen atoms in total. The minimum atomic E-state index is 0.516. The highest BCUT2D eigenvalue weighted by atomic mass is 15.3. The molecule has 1 N–H and O–H groups in total. The molecule has 2 rings (SSSR count). The maximum absolute atomic E-state index is 3.86. The second-order valence-corrected chi connectivity index (χ2v) is 7.77. The molecule has 1 atom stereocenters. The number of nitrogens with one attached hydrogen (secondary N) is 1. The lowest BCUT2D eigenvalue weighted by Gasteiger charge is -2.49. The lowest BCUT2D eigenvalue weighted by molar-refractivity contribution is 0.0349. The van der Waals surface area contributed by atoms with Crippen LogP contribution < -0.4 is 5.32 Å². The highest BCUT2D eigenvalue weighted by molar-refractivity contribution is 5.01. The van der Waals surface area contributed by atoms with Gasteiger partial charge < -0.3 is 5.32 Å². The first-order chi connectivity index (χ1) is 9.02. The first-order valence-electron chi connectivity index (χ1n) is 8.50. The summed E-state index contributed by atoms with van der Waals surface area (Å²) in [5.74, 6) is 1.64. The molecule has 2 aliphatic rings. The van der Waals surface area contributed by atoms with Gasteiger partial charge in [0.1, 0.15) is 0 Å². The molecule has 1 aliphatic carbocycles. The average Bonchev–Trinajstić information content (AvgIpc) is 2.79. The van der Waals surface area contributed by atoms with E-state index in [0.29, 0.717) is 5.54 Å². The first kappa shape index (κ1) is 15.3. The van der Waals surface area contributed by atoms with Crippen molar-refractivity contribution in [3.63, 3.8) is 0 Å². The largest absolute Gasteiger partial charge is 0.311 e. The molecule has 1 saturated heterocycles. The van der Waals surface area contributed by atoms with Gasteiger partial charge in [-0.3, -0.25) is 4.90 Å². The normalized spacial score (nSPS) is 27.8. The van der Waals surface area contributed by atoms with Crippen molar-refractivity contribution >= 4 is 0 Å². The van der Waals surface area contributed by atoms with E-state index in [-0.39, 0.29) is 0 Å². The molecule has 0 bridgehead atoms. The summed E-state index contributed by atoms with van der Waals surface area (Å²) in [6.45, 7) is 13.2. The molecule has 1 aliphatic heterocycles. The van der Waals surface area contributed by atoms with Crippen molar-refractivity contribution in [1.29, 1.82) is 0 Å². The molecule has 1 saturated carbocycles. The fourth-order valence-electron chi connectivity index (χ4n) is 3.97. The van der Waals surface area contributed by atoms with Crippen LogP contribution in [0.5, 0.6) is 0 Å². The summed E-state index contributed by atoms with van der Waals surface area (Å²) >= 11 is 0. The van der Waals surface area contributed by atoms with Gasteiger partial charge in [0.15, 0.2) is 0 Å². The summed E-state index contributed by atoms with van der Waals surface area (Å²) in [6.07, 6.45) is 8.41. The summed E-state index contributed by atoms with van der Waals surface area (Å²) in [5.41, 5.74) is 0.516. The number of hydrogen-bond acceptors (Lipinski definition) is 2. The Morgan fingerprint density at radius 1 is 1.11 bits per heavy atom. The van der Waals surface area contributed by atoms with Gasteiger partial charge in [0.2, 0.25) is 0 Å². The predicted octanol–water partition coefficient (Wildman–Crippen LogP) is 3.67. The van der Waals surface area contributed by atoms with E-state index in [1.54, 1.807) is 0 Å². The topological polar surface area (TPSA) is 15.3 Å². The van der Waals surface area contributed by atoms with Crippen molar-refractivity contribution in [2.75, 3.05) is 19.6 Å². The quantitative estimate of drug-likeness (QED) is 0.817. The van der Waals surface area contributed by atoms with E-state index in [1.165, 1.54) is 58.2 Å². The summed E-state index contributed by atoms with van der Waals surface area (Å²) in [4.78, 5) is 2.86. The summed E-state index contributed by atoms with van der Waals surface area (Å²) in [6, 6.07) is 0.721. The van der Waals surface area contributed by atoms with Gasteiger partial charge in [-0.1, -0.05) is 40.5 Å². The van der Waals surface area contributed by atoms with Crippen molar-refractivity contribution in [3.05, 3.63) is 0 Å². The molecule has 0 amide bonds. The minimum Gasteiger partial charge on any atom is -0.311 e. The van der Waals surface area contributed by atoms with Gasteiger partial charge in [-0.25, -0.2) is 0 Å². The van der Waals surface area contributed by atoms with Crippen LogP contribution >= 0.6 is 0 Å². The Balaban J connectivity index is 1.97. The van der Waals surface area contributed by atoms with E-state index in [0.717, 1.165) is 17.9 Å². The van der Waals surface area contributed by atoms with Gasteiger partial charge >= 0.3 is 0 Å². The highest BCUT2D eigenvalue weighted by Gasteiger charge is 2.43. The molecule has 1 spiro atoms. The SMILES string of the molecule is CC(C)CCN1CC(CC(C)C)NCC12CCCC2. The lowest BCUT2D eigenvalue weighted by Crippen LogP contribution is -2.63. The van der Waals surface area contributed by atoms with Crippen LogP contribution in [0.1, 0.15) is 66.2 Å². The third kappa shape index (κ3) is 3.95. The fraction of sp³-hybridized carbons (Fsp3) is 1.00. The van der Waals surface area contributed by atoms with E-state index in [1.807, 2.05) is 0 Å². The molecule has 1 unspecified atom stereocenters. The van der Waals surface area contributed by atoms with Crippen LogP contribution in [-0.4, -0.2) is 36.1 Å². The van der Waals surface area contributed by atoms with Crippen LogP contribution in [0.15, 0.2) is 0 Å². The fourth-order valence-corrected chi connectivity index (χ4v) is 3.97. The molecule has 0 aromatic heterocycles. The van der Waals surface area contributed by atoms with Crippen molar-refractivity contribution in [2.24, 2.45) is 11.8 Å². The van der Waals surface area contributed by atoms with Gasteiger partial charge in [0, 0.05) is 24.7 Å². The predicted molar refractivity (Wildman–Crippen MR) is 83.5 cm³/mol. The van der Waals surface area contributed by atoms with Crippen molar-refractivity contribution in [1.82, 2.24) is 10.2 Å². The van der Waals surface area contributed by atoms with Crippen LogP contribution in [0.25, 0.3) is 0 Å². The molecular formula is C17H34N2. The molecule has 2 heteroatoms. The zero-order chi connectivity index (χ0) is 13.9.